The lowest BCUT2D eigenvalue weighted by Gasteiger charge is -2.15. The maximum atomic E-state index is 11.6. The highest BCUT2D eigenvalue weighted by Crippen LogP contribution is 2.11. The zero-order valence-electron chi connectivity index (χ0n) is 10.6. The normalized spacial score (nSPS) is 12.5. The number of carbonyl (C=O) groups excluding carboxylic acids is 1. The number of esters is 1. The Morgan fingerprint density at radius 2 is 1.82 bits per heavy atom. The summed E-state index contributed by atoms with van der Waals surface area (Å²) >= 11 is 4.20. The Morgan fingerprint density at radius 3 is 2.35 bits per heavy atom. The molecule has 1 rings (SSSR count). The zero-order valence-corrected chi connectivity index (χ0v) is 11.5. The largest absolute Gasteiger partial charge is 0.462 e. The third-order valence-electron chi connectivity index (χ3n) is 2.42. The number of carbonyl (C=O) groups is 1. The molecule has 0 bridgehead atoms. The maximum Gasteiger partial charge on any atom is 0.310 e. The summed E-state index contributed by atoms with van der Waals surface area (Å²) in [5, 5.41) is 0. The van der Waals surface area contributed by atoms with Gasteiger partial charge in [-0.2, -0.15) is 0 Å². The minimum Gasteiger partial charge on any atom is -0.462 e. The molecular formula is C14H20O2S. The molecule has 1 aromatic carbocycles. The van der Waals surface area contributed by atoms with Gasteiger partial charge >= 0.3 is 5.97 Å². The van der Waals surface area contributed by atoms with Crippen molar-refractivity contribution in [3.8, 4) is 0 Å². The molecule has 0 spiro atoms. The van der Waals surface area contributed by atoms with Crippen LogP contribution in [-0.4, -0.2) is 12.1 Å². The van der Waals surface area contributed by atoms with Crippen molar-refractivity contribution in [3.05, 3.63) is 29.8 Å². The minimum atomic E-state index is -0.162. The zero-order chi connectivity index (χ0) is 12.8. The molecule has 1 unspecified atom stereocenters. The predicted octanol–water partition coefficient (Wildman–Crippen LogP) is 3.50. The fourth-order valence-corrected chi connectivity index (χ4v) is 1.91. The molecule has 0 saturated heterocycles. The van der Waals surface area contributed by atoms with E-state index in [1.165, 1.54) is 0 Å². The van der Waals surface area contributed by atoms with Crippen LogP contribution in [0.1, 0.15) is 32.8 Å². The monoisotopic (exact) mass is 252 g/mol. The molecule has 94 valence electrons. The molecular weight excluding hydrogens is 232 g/mol. The van der Waals surface area contributed by atoms with Crippen LogP contribution >= 0.6 is 12.6 Å². The van der Waals surface area contributed by atoms with Gasteiger partial charge in [-0.1, -0.05) is 26.0 Å². The molecule has 0 N–H and O–H groups in total. The third kappa shape index (κ3) is 5.78. The van der Waals surface area contributed by atoms with Gasteiger partial charge in [0.15, 0.2) is 0 Å². The van der Waals surface area contributed by atoms with Crippen molar-refractivity contribution >= 4 is 18.6 Å². The first kappa shape index (κ1) is 14.1. The molecule has 0 aliphatic rings. The van der Waals surface area contributed by atoms with Gasteiger partial charge in [-0.25, -0.2) is 0 Å². The van der Waals surface area contributed by atoms with E-state index >= 15 is 0 Å². The summed E-state index contributed by atoms with van der Waals surface area (Å²) in [6.07, 6.45) is 1.23. The Morgan fingerprint density at radius 1 is 1.24 bits per heavy atom. The van der Waals surface area contributed by atoms with Gasteiger partial charge in [0, 0.05) is 4.90 Å². The van der Waals surface area contributed by atoms with Gasteiger partial charge in [-0.15, -0.1) is 12.6 Å². The summed E-state index contributed by atoms with van der Waals surface area (Å²) in [5.74, 6) is 0.381. The predicted molar refractivity (Wildman–Crippen MR) is 72.4 cm³/mol. The first-order valence-electron chi connectivity index (χ1n) is 5.94. The van der Waals surface area contributed by atoms with Crippen LogP contribution < -0.4 is 0 Å². The molecule has 2 nitrogen and oxygen atoms in total. The van der Waals surface area contributed by atoms with Crippen LogP contribution in [0.2, 0.25) is 0 Å². The molecule has 0 aromatic heterocycles. The number of hydrogen-bond acceptors (Lipinski definition) is 3. The van der Waals surface area contributed by atoms with Gasteiger partial charge in [-0.05, 0) is 37.0 Å². The minimum absolute atomic E-state index is 0.00773. The van der Waals surface area contributed by atoms with E-state index < -0.39 is 0 Å². The van der Waals surface area contributed by atoms with Crippen LogP contribution in [0.15, 0.2) is 29.2 Å². The van der Waals surface area contributed by atoms with E-state index in [0.717, 1.165) is 16.9 Å². The van der Waals surface area contributed by atoms with Crippen molar-refractivity contribution in [1.82, 2.24) is 0 Å². The van der Waals surface area contributed by atoms with E-state index in [1.54, 1.807) is 0 Å². The van der Waals surface area contributed by atoms with Crippen molar-refractivity contribution in [1.29, 1.82) is 0 Å². The van der Waals surface area contributed by atoms with Gasteiger partial charge in [0.1, 0.15) is 0 Å². The molecule has 1 aromatic rings. The molecule has 0 amide bonds. The highest BCUT2D eigenvalue weighted by Gasteiger charge is 2.11. The summed E-state index contributed by atoms with van der Waals surface area (Å²) < 4.78 is 5.34. The molecule has 0 heterocycles. The summed E-state index contributed by atoms with van der Waals surface area (Å²) in [4.78, 5) is 12.5. The van der Waals surface area contributed by atoms with Crippen LogP contribution in [0.25, 0.3) is 0 Å². The molecule has 0 aliphatic carbocycles. The van der Waals surface area contributed by atoms with E-state index in [4.69, 9.17) is 4.74 Å². The number of rotatable bonds is 5. The lowest BCUT2D eigenvalue weighted by atomic mass is 10.1. The second kappa shape index (κ2) is 6.70. The first-order chi connectivity index (χ1) is 7.97. The van der Waals surface area contributed by atoms with Crippen molar-refractivity contribution in [3.63, 3.8) is 0 Å². The highest BCUT2D eigenvalue weighted by atomic mass is 32.1. The van der Waals surface area contributed by atoms with Gasteiger partial charge in [0.25, 0.3) is 0 Å². The quantitative estimate of drug-likeness (QED) is 0.641. The fourth-order valence-electron chi connectivity index (χ4n) is 1.76. The van der Waals surface area contributed by atoms with Crippen molar-refractivity contribution < 1.29 is 9.53 Å². The second-order valence-electron chi connectivity index (χ2n) is 4.77. The van der Waals surface area contributed by atoms with Crippen LogP contribution in [0.3, 0.4) is 0 Å². The molecule has 0 aliphatic heterocycles. The lowest BCUT2D eigenvalue weighted by molar-refractivity contribution is -0.148. The summed E-state index contributed by atoms with van der Waals surface area (Å²) in [6, 6.07) is 7.56. The summed E-state index contributed by atoms with van der Waals surface area (Å²) in [6.45, 7) is 6.18. The number of hydrogen-bond donors (Lipinski definition) is 1. The van der Waals surface area contributed by atoms with E-state index in [1.807, 2.05) is 31.2 Å². The SMILES string of the molecule is CC(C)CC(C)OC(=O)Cc1ccc(S)cc1. The fraction of sp³-hybridized carbons (Fsp3) is 0.500. The van der Waals surface area contributed by atoms with Crippen molar-refractivity contribution in [2.75, 3.05) is 0 Å². The van der Waals surface area contributed by atoms with Gasteiger partial charge in [-0.3, -0.25) is 4.79 Å². The van der Waals surface area contributed by atoms with Crippen LogP contribution in [0.5, 0.6) is 0 Å². The standard InChI is InChI=1S/C14H20O2S/c1-10(2)8-11(3)16-14(15)9-12-4-6-13(17)7-5-12/h4-7,10-11,17H,8-9H2,1-3H3. The Balaban J connectivity index is 2.41. The molecule has 0 saturated carbocycles. The van der Waals surface area contributed by atoms with Gasteiger partial charge in [0.05, 0.1) is 12.5 Å². The average Bonchev–Trinajstić information content (AvgIpc) is 2.19. The van der Waals surface area contributed by atoms with Crippen molar-refractivity contribution in [2.24, 2.45) is 5.92 Å². The van der Waals surface area contributed by atoms with E-state index in [2.05, 4.69) is 26.5 Å². The van der Waals surface area contributed by atoms with Gasteiger partial charge in [0.2, 0.25) is 0 Å². The number of ether oxygens (including phenoxy) is 1. The molecule has 3 heteroatoms. The van der Waals surface area contributed by atoms with Gasteiger partial charge < -0.3 is 4.74 Å². The van der Waals surface area contributed by atoms with E-state index in [-0.39, 0.29) is 12.1 Å². The van der Waals surface area contributed by atoms with Crippen molar-refractivity contribution in [2.45, 2.75) is 44.6 Å². The Hall–Kier alpha value is -0.960. The molecule has 17 heavy (non-hydrogen) atoms. The highest BCUT2D eigenvalue weighted by molar-refractivity contribution is 7.80. The lowest BCUT2D eigenvalue weighted by Crippen LogP contribution is -2.18. The number of benzene rings is 1. The summed E-state index contributed by atoms with van der Waals surface area (Å²) in [7, 11) is 0. The van der Waals surface area contributed by atoms with Crippen LogP contribution in [0, 0.1) is 5.92 Å². The van der Waals surface area contributed by atoms with Crippen LogP contribution in [0.4, 0.5) is 0 Å². The summed E-state index contributed by atoms with van der Waals surface area (Å²) in [5.41, 5.74) is 0.963. The van der Waals surface area contributed by atoms with E-state index in [9.17, 15) is 4.79 Å². The first-order valence-corrected chi connectivity index (χ1v) is 6.39. The molecule has 0 radical (unpaired) electrons. The molecule has 0 fully saturated rings. The third-order valence-corrected chi connectivity index (χ3v) is 2.72. The maximum absolute atomic E-state index is 11.6. The van der Waals surface area contributed by atoms with Crippen LogP contribution in [-0.2, 0) is 16.0 Å². The average molecular weight is 252 g/mol. The van der Waals surface area contributed by atoms with E-state index in [0.29, 0.717) is 12.3 Å². The smallest absolute Gasteiger partial charge is 0.310 e. The Bertz CT molecular complexity index is 357. The molecule has 1 atom stereocenters. The second-order valence-corrected chi connectivity index (χ2v) is 5.29. The Labute approximate surface area is 109 Å². The topological polar surface area (TPSA) is 26.3 Å². The Kier molecular flexibility index (Phi) is 5.56. The number of thiol groups is 1.